The van der Waals surface area contributed by atoms with Crippen molar-refractivity contribution in [2.45, 2.75) is 6.61 Å². The van der Waals surface area contributed by atoms with Gasteiger partial charge in [-0.1, -0.05) is 24.3 Å². The average molecular weight is 330 g/mol. The maximum Gasteiger partial charge on any atom is 0.254 e. The van der Waals surface area contributed by atoms with Crippen LogP contribution in [0.3, 0.4) is 0 Å². The molecule has 0 atom stereocenters. The number of hydrogen-bond donors (Lipinski definition) is 3. The first-order valence-corrected chi connectivity index (χ1v) is 7.15. The highest BCUT2D eigenvalue weighted by Crippen LogP contribution is 2.22. The van der Waals surface area contributed by atoms with Crippen LogP contribution in [-0.2, 0) is 11.6 Å². The Kier molecular flexibility index (Phi) is 5.64. The quantitative estimate of drug-likeness (QED) is 0.425. The van der Waals surface area contributed by atoms with Gasteiger partial charge in [-0.15, -0.1) is 4.99 Å². The molecule has 0 fully saturated rings. The number of aliphatic hydroxyl groups is 1. The highest BCUT2D eigenvalue weighted by molar-refractivity contribution is 6.16. The predicted octanol–water partition coefficient (Wildman–Crippen LogP) is 1.93. The zero-order valence-corrected chi connectivity index (χ0v) is 13.3. The van der Waals surface area contributed by atoms with Crippen molar-refractivity contribution in [3.8, 4) is 0 Å². The smallest absolute Gasteiger partial charge is 0.254 e. The van der Waals surface area contributed by atoms with Crippen LogP contribution in [0.15, 0.2) is 42.5 Å². The molecule has 2 aromatic carbocycles. The van der Waals surface area contributed by atoms with Crippen LogP contribution in [0.1, 0.15) is 31.8 Å². The number of nitrogens with one attached hydrogen (secondary N) is 1. The number of ketones is 1. The minimum absolute atomic E-state index is 0.153. The first kappa shape index (κ1) is 17.6. The van der Waals surface area contributed by atoms with Crippen LogP contribution in [0.25, 0.3) is 0 Å². The van der Waals surface area contributed by atoms with Crippen molar-refractivity contribution >= 4 is 17.4 Å². The second kappa shape index (κ2) is 7.69. The molecule has 0 bridgehead atoms. The summed E-state index contributed by atoms with van der Waals surface area (Å²) in [4.78, 5) is 30.5. The van der Waals surface area contributed by atoms with E-state index >= 15 is 0 Å². The summed E-state index contributed by atoms with van der Waals surface area (Å²) < 4.78 is 0. The van der Waals surface area contributed by atoms with Gasteiger partial charge in [0.1, 0.15) is 0 Å². The molecule has 0 radical (unpaired) electrons. The monoisotopic (exact) mass is 330 g/mol. The molecule has 2 aromatic rings. The second-order valence-corrected chi connectivity index (χ2v) is 5.30. The first-order valence-electron chi connectivity index (χ1n) is 7.15. The second-order valence-electron chi connectivity index (χ2n) is 5.30. The molecular weight excluding hydrogens is 312 g/mol. The largest absolute Gasteiger partial charge is 0.392 e. The molecule has 0 aliphatic rings. The summed E-state index contributed by atoms with van der Waals surface area (Å²) in [6, 6.07) is 11.0. The maximum atomic E-state index is 12.9. The van der Waals surface area contributed by atoms with Crippen molar-refractivity contribution in [2.75, 3.05) is 19.6 Å². The van der Waals surface area contributed by atoms with Gasteiger partial charge in [0.2, 0.25) is 0 Å². The Morgan fingerprint density at radius 2 is 1.79 bits per heavy atom. The number of benzene rings is 2. The van der Waals surface area contributed by atoms with Crippen molar-refractivity contribution in [1.29, 1.82) is 0 Å². The lowest BCUT2D eigenvalue weighted by atomic mass is 9.94. The average Bonchev–Trinajstić information content (AvgIpc) is 2.60. The Hall–Kier alpha value is -2.74. The van der Waals surface area contributed by atoms with Crippen molar-refractivity contribution in [3.63, 3.8) is 0 Å². The molecule has 0 saturated carbocycles. The molecule has 0 saturated heterocycles. The Morgan fingerprint density at radius 1 is 1.08 bits per heavy atom. The lowest BCUT2D eigenvalue weighted by Gasteiger charge is -2.16. The highest BCUT2D eigenvalue weighted by atomic mass is 17.2. The molecule has 3 N–H and O–H groups in total. The third kappa shape index (κ3) is 3.60. The Morgan fingerprint density at radius 3 is 2.42 bits per heavy atom. The van der Waals surface area contributed by atoms with E-state index in [4.69, 9.17) is 5.26 Å². The van der Waals surface area contributed by atoms with Gasteiger partial charge in [-0.3, -0.25) is 9.59 Å². The lowest BCUT2D eigenvalue weighted by molar-refractivity contribution is -0.215. The number of carbonyl (C=O) groups excluding carboxylic acids is 2. The van der Waals surface area contributed by atoms with Crippen molar-refractivity contribution in [1.82, 2.24) is 4.90 Å². The number of carbonyl (C=O) groups is 2. The van der Waals surface area contributed by atoms with Crippen LogP contribution in [0.5, 0.6) is 0 Å². The molecular formula is C17H18N2O5. The molecule has 126 valence electrons. The molecule has 0 heterocycles. The number of amides is 1. The van der Waals surface area contributed by atoms with Gasteiger partial charge in [0.15, 0.2) is 5.78 Å². The van der Waals surface area contributed by atoms with E-state index in [0.717, 1.165) is 0 Å². The van der Waals surface area contributed by atoms with Gasteiger partial charge in [-0.05, 0) is 23.8 Å². The fraction of sp³-hybridized carbons (Fsp3) is 0.176. The fourth-order valence-electron chi connectivity index (χ4n) is 2.30. The molecule has 1 amide bonds. The maximum absolute atomic E-state index is 12.9. The molecule has 7 nitrogen and oxygen atoms in total. The highest BCUT2D eigenvalue weighted by Gasteiger charge is 2.22. The van der Waals surface area contributed by atoms with Crippen LogP contribution in [-0.4, -0.2) is 41.0 Å². The Balaban J connectivity index is 2.56. The van der Waals surface area contributed by atoms with E-state index in [2.05, 4.69) is 10.5 Å². The first-order chi connectivity index (χ1) is 11.5. The van der Waals surface area contributed by atoms with E-state index < -0.39 is 0 Å². The zero-order chi connectivity index (χ0) is 17.7. The number of aliphatic hydroxyl groups excluding tert-OH is 1. The van der Waals surface area contributed by atoms with E-state index in [9.17, 15) is 14.7 Å². The van der Waals surface area contributed by atoms with Gasteiger partial charge >= 0.3 is 0 Å². The Labute approximate surface area is 139 Å². The summed E-state index contributed by atoms with van der Waals surface area (Å²) in [5, 5.41) is 17.9. The lowest BCUT2D eigenvalue weighted by Crippen LogP contribution is -2.24. The summed E-state index contributed by atoms with van der Waals surface area (Å²) in [7, 11) is 3.14. The minimum Gasteiger partial charge on any atom is -0.392 e. The van der Waals surface area contributed by atoms with Crippen LogP contribution in [0, 0.1) is 0 Å². The van der Waals surface area contributed by atoms with Gasteiger partial charge < -0.3 is 10.0 Å². The van der Waals surface area contributed by atoms with Crippen molar-refractivity contribution in [3.05, 3.63) is 64.7 Å². The van der Waals surface area contributed by atoms with Crippen LogP contribution in [0.2, 0.25) is 0 Å². The number of rotatable bonds is 6. The summed E-state index contributed by atoms with van der Waals surface area (Å²) in [6.07, 6.45) is 0. The topological polar surface area (TPSA) is 99.1 Å². The number of anilines is 1. The molecule has 0 aromatic heterocycles. The summed E-state index contributed by atoms with van der Waals surface area (Å²) in [6.45, 7) is -0.281. The van der Waals surface area contributed by atoms with Crippen LogP contribution >= 0.6 is 0 Å². The molecule has 24 heavy (non-hydrogen) atoms. The normalized spacial score (nSPS) is 10.3. The van der Waals surface area contributed by atoms with Crippen LogP contribution in [0.4, 0.5) is 5.69 Å². The van der Waals surface area contributed by atoms with Crippen molar-refractivity contribution < 1.29 is 24.9 Å². The molecule has 0 aliphatic carbocycles. The third-order valence-corrected chi connectivity index (χ3v) is 3.50. The summed E-state index contributed by atoms with van der Waals surface area (Å²) >= 11 is 0. The van der Waals surface area contributed by atoms with Gasteiger partial charge in [0.05, 0.1) is 17.9 Å². The molecule has 0 spiro atoms. The van der Waals surface area contributed by atoms with Gasteiger partial charge in [-0.2, -0.15) is 0 Å². The molecule has 7 heteroatoms. The standard InChI is InChI=1S/C17H18N2O5/c1-19(2)17(22)15-9-12(18-24-23)7-8-14(15)16(21)13-6-4-3-5-11(13)10-20/h3-9,18,20,23H,10H2,1-2H3. The predicted molar refractivity (Wildman–Crippen MR) is 87.6 cm³/mol. The number of hydrogen-bond acceptors (Lipinski definition) is 6. The van der Waals surface area contributed by atoms with E-state index in [1.165, 1.54) is 23.1 Å². The zero-order valence-electron chi connectivity index (χ0n) is 13.3. The SMILES string of the molecule is CN(C)C(=O)c1cc(NOO)ccc1C(=O)c1ccccc1CO. The van der Waals surface area contributed by atoms with Gasteiger partial charge in [-0.25, -0.2) is 10.7 Å². The van der Waals surface area contributed by atoms with E-state index in [1.807, 2.05) is 0 Å². The molecule has 0 aliphatic heterocycles. The van der Waals surface area contributed by atoms with E-state index in [1.54, 1.807) is 38.4 Å². The molecule has 2 rings (SSSR count). The van der Waals surface area contributed by atoms with Gasteiger partial charge in [0.25, 0.3) is 5.91 Å². The van der Waals surface area contributed by atoms with Gasteiger partial charge in [0, 0.05) is 25.2 Å². The summed E-state index contributed by atoms with van der Waals surface area (Å²) in [5.41, 5.74) is 3.67. The summed E-state index contributed by atoms with van der Waals surface area (Å²) in [5.74, 6) is -0.747. The molecule has 0 unspecified atom stereocenters. The Bertz CT molecular complexity index is 758. The van der Waals surface area contributed by atoms with E-state index in [0.29, 0.717) is 16.8 Å². The number of nitrogens with zero attached hydrogens (tertiary/aromatic N) is 1. The van der Waals surface area contributed by atoms with E-state index in [-0.39, 0.29) is 29.4 Å². The van der Waals surface area contributed by atoms with Crippen molar-refractivity contribution in [2.24, 2.45) is 0 Å². The van der Waals surface area contributed by atoms with Crippen LogP contribution < -0.4 is 5.48 Å². The minimum atomic E-state index is -0.374. The fourth-order valence-corrected chi connectivity index (χ4v) is 2.30. The third-order valence-electron chi connectivity index (χ3n) is 3.50.